The standard InChI is InChI=1S/C13H13N3OS/c1-7-2-3-12(18-7)8-4-10-9(11(17)5-8)6-15-13(14)16-10/h2-3,6,8H,4-5H2,1H3,(H2,14,15,16)/t8-/m0/s1. The average Bonchev–Trinajstić information content (AvgIpc) is 2.75. The molecular formula is C13H13N3OS. The summed E-state index contributed by atoms with van der Waals surface area (Å²) in [5, 5.41) is 0. The van der Waals surface area contributed by atoms with Gasteiger partial charge in [-0.3, -0.25) is 4.79 Å². The molecule has 1 atom stereocenters. The van der Waals surface area contributed by atoms with Gasteiger partial charge in [-0.2, -0.15) is 0 Å². The lowest BCUT2D eigenvalue weighted by Crippen LogP contribution is -2.20. The number of aromatic nitrogens is 2. The highest BCUT2D eigenvalue weighted by atomic mass is 32.1. The molecule has 0 bridgehead atoms. The number of nitrogens with zero attached hydrogens (tertiary/aromatic N) is 2. The van der Waals surface area contributed by atoms with Crippen molar-refractivity contribution in [2.45, 2.75) is 25.7 Å². The van der Waals surface area contributed by atoms with Gasteiger partial charge >= 0.3 is 0 Å². The summed E-state index contributed by atoms with van der Waals surface area (Å²) in [7, 11) is 0. The first-order valence-electron chi connectivity index (χ1n) is 5.84. The van der Waals surface area contributed by atoms with Crippen LogP contribution in [0.15, 0.2) is 18.3 Å². The Morgan fingerprint density at radius 2 is 2.22 bits per heavy atom. The van der Waals surface area contributed by atoms with Crippen molar-refractivity contribution in [3.05, 3.63) is 39.3 Å². The Kier molecular flexibility index (Phi) is 2.63. The van der Waals surface area contributed by atoms with Gasteiger partial charge in [0.1, 0.15) is 0 Å². The SMILES string of the molecule is Cc1ccc([C@@H]2CC(=O)c3cnc(N)nc3C2)s1. The molecule has 92 valence electrons. The molecule has 0 spiro atoms. The number of anilines is 1. The quantitative estimate of drug-likeness (QED) is 0.853. The van der Waals surface area contributed by atoms with Crippen LogP contribution in [0.3, 0.4) is 0 Å². The third kappa shape index (κ3) is 1.90. The normalized spacial score (nSPS) is 18.7. The molecule has 2 aromatic rings. The number of fused-ring (bicyclic) bond motifs is 1. The smallest absolute Gasteiger partial charge is 0.220 e. The van der Waals surface area contributed by atoms with E-state index in [0.717, 1.165) is 12.1 Å². The fourth-order valence-corrected chi connectivity index (χ4v) is 3.31. The van der Waals surface area contributed by atoms with Crippen molar-refractivity contribution < 1.29 is 4.79 Å². The number of nitrogen functional groups attached to an aromatic ring is 1. The Morgan fingerprint density at radius 1 is 1.39 bits per heavy atom. The fourth-order valence-electron chi connectivity index (χ4n) is 2.33. The minimum atomic E-state index is 0.118. The predicted octanol–water partition coefficient (Wildman–Crippen LogP) is 2.34. The van der Waals surface area contributed by atoms with Crippen molar-refractivity contribution in [1.29, 1.82) is 0 Å². The maximum absolute atomic E-state index is 12.1. The van der Waals surface area contributed by atoms with Gasteiger partial charge in [0.15, 0.2) is 5.78 Å². The van der Waals surface area contributed by atoms with Gasteiger partial charge in [-0.1, -0.05) is 0 Å². The summed E-state index contributed by atoms with van der Waals surface area (Å²) in [4.78, 5) is 22.7. The van der Waals surface area contributed by atoms with Crippen molar-refractivity contribution in [3.8, 4) is 0 Å². The van der Waals surface area contributed by atoms with Crippen LogP contribution in [0.25, 0.3) is 0 Å². The zero-order valence-electron chi connectivity index (χ0n) is 10.0. The molecule has 0 saturated heterocycles. The molecule has 2 heterocycles. The largest absolute Gasteiger partial charge is 0.368 e. The lowest BCUT2D eigenvalue weighted by atomic mass is 9.86. The molecule has 2 aromatic heterocycles. The molecule has 4 nitrogen and oxygen atoms in total. The minimum absolute atomic E-state index is 0.118. The highest BCUT2D eigenvalue weighted by Gasteiger charge is 2.28. The second-order valence-corrected chi connectivity index (χ2v) is 5.88. The molecule has 0 unspecified atom stereocenters. The van der Waals surface area contributed by atoms with Gasteiger partial charge in [-0.15, -0.1) is 11.3 Å². The van der Waals surface area contributed by atoms with Gasteiger partial charge in [0.05, 0.1) is 11.3 Å². The van der Waals surface area contributed by atoms with Gasteiger partial charge < -0.3 is 5.73 Å². The van der Waals surface area contributed by atoms with Gasteiger partial charge in [0.25, 0.3) is 0 Å². The molecule has 0 fully saturated rings. The van der Waals surface area contributed by atoms with Crippen LogP contribution in [0, 0.1) is 6.92 Å². The summed E-state index contributed by atoms with van der Waals surface area (Å²) in [6.45, 7) is 2.08. The first-order chi connectivity index (χ1) is 8.63. The molecule has 3 rings (SSSR count). The lowest BCUT2D eigenvalue weighted by molar-refractivity contribution is 0.0963. The Labute approximate surface area is 109 Å². The first-order valence-corrected chi connectivity index (χ1v) is 6.66. The number of aryl methyl sites for hydroxylation is 1. The van der Waals surface area contributed by atoms with E-state index in [0.29, 0.717) is 12.0 Å². The second-order valence-electron chi connectivity index (χ2n) is 4.57. The van der Waals surface area contributed by atoms with Crippen LogP contribution in [0.4, 0.5) is 5.95 Å². The number of ketones is 1. The molecule has 1 aliphatic carbocycles. The van der Waals surface area contributed by atoms with Crippen LogP contribution in [0.2, 0.25) is 0 Å². The van der Waals surface area contributed by atoms with E-state index in [2.05, 4.69) is 29.0 Å². The number of carbonyl (C=O) groups is 1. The Morgan fingerprint density at radius 3 is 2.94 bits per heavy atom. The van der Waals surface area contributed by atoms with Gasteiger partial charge in [0, 0.05) is 28.3 Å². The van der Waals surface area contributed by atoms with Crippen molar-refractivity contribution >= 4 is 23.1 Å². The van der Waals surface area contributed by atoms with Gasteiger partial charge in [-0.25, -0.2) is 9.97 Å². The Bertz CT molecular complexity index is 620. The van der Waals surface area contributed by atoms with Gasteiger partial charge in [-0.05, 0) is 25.5 Å². The maximum atomic E-state index is 12.1. The number of carbonyl (C=O) groups excluding carboxylic acids is 1. The molecule has 0 aromatic carbocycles. The van der Waals surface area contributed by atoms with E-state index in [1.165, 1.54) is 9.75 Å². The van der Waals surface area contributed by atoms with E-state index in [9.17, 15) is 4.79 Å². The van der Waals surface area contributed by atoms with E-state index in [1.807, 2.05) is 0 Å². The van der Waals surface area contributed by atoms with Crippen LogP contribution in [-0.2, 0) is 6.42 Å². The topological polar surface area (TPSA) is 68.9 Å². The minimum Gasteiger partial charge on any atom is -0.368 e. The molecule has 0 radical (unpaired) electrons. The highest BCUT2D eigenvalue weighted by molar-refractivity contribution is 7.12. The molecule has 2 N–H and O–H groups in total. The van der Waals surface area contributed by atoms with E-state index in [-0.39, 0.29) is 17.6 Å². The van der Waals surface area contributed by atoms with Crippen molar-refractivity contribution in [2.75, 3.05) is 5.73 Å². The summed E-state index contributed by atoms with van der Waals surface area (Å²) in [6.07, 6.45) is 2.86. The zero-order valence-corrected chi connectivity index (χ0v) is 10.8. The highest BCUT2D eigenvalue weighted by Crippen LogP contribution is 2.35. The number of nitrogens with two attached hydrogens (primary N) is 1. The number of rotatable bonds is 1. The molecule has 1 aliphatic rings. The van der Waals surface area contributed by atoms with E-state index in [4.69, 9.17) is 5.73 Å². The summed E-state index contributed by atoms with van der Waals surface area (Å²) >= 11 is 1.75. The number of hydrogen-bond acceptors (Lipinski definition) is 5. The van der Waals surface area contributed by atoms with Gasteiger partial charge in [0.2, 0.25) is 5.95 Å². The number of hydrogen-bond donors (Lipinski definition) is 1. The molecular weight excluding hydrogens is 246 g/mol. The third-order valence-corrected chi connectivity index (χ3v) is 4.38. The Balaban J connectivity index is 1.98. The second kappa shape index (κ2) is 4.17. The summed E-state index contributed by atoms with van der Waals surface area (Å²) in [6, 6.07) is 4.20. The van der Waals surface area contributed by atoms with E-state index in [1.54, 1.807) is 17.5 Å². The molecule has 0 saturated carbocycles. The van der Waals surface area contributed by atoms with Crippen LogP contribution in [-0.4, -0.2) is 15.8 Å². The predicted molar refractivity (Wildman–Crippen MR) is 70.9 cm³/mol. The van der Waals surface area contributed by atoms with Crippen LogP contribution >= 0.6 is 11.3 Å². The van der Waals surface area contributed by atoms with E-state index < -0.39 is 0 Å². The monoisotopic (exact) mass is 259 g/mol. The third-order valence-electron chi connectivity index (χ3n) is 3.22. The van der Waals surface area contributed by atoms with Crippen LogP contribution < -0.4 is 5.73 Å². The molecule has 5 heteroatoms. The molecule has 0 amide bonds. The van der Waals surface area contributed by atoms with Crippen LogP contribution in [0.5, 0.6) is 0 Å². The Hall–Kier alpha value is -1.75. The fraction of sp³-hybridized carbons (Fsp3) is 0.308. The van der Waals surface area contributed by atoms with Crippen molar-refractivity contribution in [1.82, 2.24) is 9.97 Å². The zero-order chi connectivity index (χ0) is 12.7. The molecule has 0 aliphatic heterocycles. The number of thiophene rings is 1. The van der Waals surface area contributed by atoms with Crippen molar-refractivity contribution in [2.24, 2.45) is 0 Å². The van der Waals surface area contributed by atoms with Crippen LogP contribution in [0.1, 0.15) is 38.1 Å². The summed E-state index contributed by atoms with van der Waals surface area (Å²) < 4.78 is 0. The van der Waals surface area contributed by atoms with E-state index >= 15 is 0 Å². The first kappa shape index (κ1) is 11.3. The summed E-state index contributed by atoms with van der Waals surface area (Å²) in [5.74, 6) is 0.592. The molecule has 18 heavy (non-hydrogen) atoms. The number of Topliss-reactive ketones (excluding diaryl/α,β-unsaturated/α-hetero) is 1. The maximum Gasteiger partial charge on any atom is 0.220 e. The van der Waals surface area contributed by atoms with Crippen molar-refractivity contribution in [3.63, 3.8) is 0 Å². The average molecular weight is 259 g/mol. The lowest BCUT2D eigenvalue weighted by Gasteiger charge is -2.21. The summed E-state index contributed by atoms with van der Waals surface area (Å²) in [5.41, 5.74) is 7.00.